The molecule has 7 nitrogen and oxygen atoms in total. The molecule has 0 aliphatic carbocycles. The molecule has 0 spiro atoms. The highest BCUT2D eigenvalue weighted by Gasteiger charge is 2.21. The molecule has 0 unspecified atom stereocenters. The Hall–Kier alpha value is -2.91. The summed E-state index contributed by atoms with van der Waals surface area (Å²) in [4.78, 5) is 7.83. The minimum Gasteiger partial charge on any atom is -0.497 e. The van der Waals surface area contributed by atoms with Gasteiger partial charge in [0.25, 0.3) is 0 Å². The van der Waals surface area contributed by atoms with E-state index in [1.54, 1.807) is 25.1 Å². The van der Waals surface area contributed by atoms with E-state index in [9.17, 15) is 0 Å². The number of nitrogens with one attached hydrogen (secondary N) is 2. The summed E-state index contributed by atoms with van der Waals surface area (Å²) >= 11 is 7.01. The van der Waals surface area contributed by atoms with Crippen molar-refractivity contribution in [1.82, 2.24) is 24.8 Å². The second kappa shape index (κ2) is 6.36. The molecule has 0 amide bonds. The monoisotopic (exact) mass is 394 g/mol. The van der Waals surface area contributed by atoms with E-state index in [1.807, 2.05) is 35.0 Å². The molecule has 0 saturated carbocycles. The van der Waals surface area contributed by atoms with Crippen LogP contribution in [0, 0.1) is 4.64 Å². The fraction of sp³-hybridized carbons (Fsp3) is 0.111. The SMILES string of the molecule is COc1ccc2nc3c(cc2c1)CSc1nnc(-c2ccc[nH]c2=S)n1N3. The number of pyridine rings is 2. The number of anilines is 1. The van der Waals surface area contributed by atoms with E-state index in [-0.39, 0.29) is 0 Å². The van der Waals surface area contributed by atoms with E-state index in [1.165, 1.54) is 0 Å². The summed E-state index contributed by atoms with van der Waals surface area (Å²) in [6.07, 6.45) is 1.80. The summed E-state index contributed by atoms with van der Waals surface area (Å²) < 4.78 is 7.78. The minimum absolute atomic E-state index is 0.613. The zero-order chi connectivity index (χ0) is 18.4. The van der Waals surface area contributed by atoms with Crippen molar-refractivity contribution in [2.24, 2.45) is 0 Å². The van der Waals surface area contributed by atoms with Gasteiger partial charge in [-0.05, 0) is 36.4 Å². The van der Waals surface area contributed by atoms with Gasteiger partial charge in [0.1, 0.15) is 16.2 Å². The van der Waals surface area contributed by atoms with Gasteiger partial charge in [-0.15, -0.1) is 10.2 Å². The van der Waals surface area contributed by atoms with E-state index in [4.69, 9.17) is 21.9 Å². The van der Waals surface area contributed by atoms with Crippen LogP contribution in [0.1, 0.15) is 5.56 Å². The van der Waals surface area contributed by atoms with E-state index >= 15 is 0 Å². The first-order valence-electron chi connectivity index (χ1n) is 8.24. The Labute approximate surface area is 163 Å². The molecule has 4 heterocycles. The minimum atomic E-state index is 0.613. The van der Waals surface area contributed by atoms with Gasteiger partial charge in [0.05, 0.1) is 18.2 Å². The van der Waals surface area contributed by atoms with E-state index < -0.39 is 0 Å². The lowest BCUT2D eigenvalue weighted by Gasteiger charge is -2.12. The number of H-pyrrole nitrogens is 1. The number of benzene rings is 1. The Morgan fingerprint density at radius 2 is 2.15 bits per heavy atom. The van der Waals surface area contributed by atoms with Crippen molar-refractivity contribution in [1.29, 1.82) is 0 Å². The van der Waals surface area contributed by atoms with Gasteiger partial charge in [0, 0.05) is 22.9 Å². The van der Waals surface area contributed by atoms with Crippen molar-refractivity contribution in [2.45, 2.75) is 10.9 Å². The number of rotatable bonds is 2. The van der Waals surface area contributed by atoms with Crippen molar-refractivity contribution in [3.8, 4) is 17.1 Å². The van der Waals surface area contributed by atoms with Gasteiger partial charge in [0.15, 0.2) is 5.82 Å². The largest absolute Gasteiger partial charge is 0.497 e. The van der Waals surface area contributed by atoms with Crippen LogP contribution in [0.25, 0.3) is 22.3 Å². The maximum absolute atomic E-state index is 5.40. The number of methoxy groups -OCH3 is 1. The molecule has 2 N–H and O–H groups in total. The Bertz CT molecular complexity index is 1230. The van der Waals surface area contributed by atoms with Crippen LogP contribution in [-0.4, -0.2) is 32.0 Å². The van der Waals surface area contributed by atoms with Gasteiger partial charge >= 0.3 is 0 Å². The molecule has 27 heavy (non-hydrogen) atoms. The fourth-order valence-electron chi connectivity index (χ4n) is 3.02. The van der Waals surface area contributed by atoms with Crippen molar-refractivity contribution in [2.75, 3.05) is 12.5 Å². The summed E-state index contributed by atoms with van der Waals surface area (Å²) in [7, 11) is 1.66. The van der Waals surface area contributed by atoms with Crippen LogP contribution in [0.15, 0.2) is 47.8 Å². The molecule has 134 valence electrons. The van der Waals surface area contributed by atoms with Gasteiger partial charge in [0.2, 0.25) is 5.16 Å². The number of nitrogens with zero attached hydrogens (tertiary/aromatic N) is 4. The average Bonchev–Trinajstić information content (AvgIpc) is 2.99. The smallest absolute Gasteiger partial charge is 0.210 e. The van der Waals surface area contributed by atoms with Crippen LogP contribution < -0.4 is 10.2 Å². The summed E-state index contributed by atoms with van der Waals surface area (Å²) in [5, 5.41) is 10.5. The number of aromatic nitrogens is 5. The molecule has 9 heteroatoms. The first kappa shape index (κ1) is 16.3. The summed E-state index contributed by atoms with van der Waals surface area (Å²) in [6, 6.07) is 11.8. The molecular weight excluding hydrogens is 380 g/mol. The zero-order valence-corrected chi connectivity index (χ0v) is 15.9. The molecule has 1 aliphatic rings. The second-order valence-electron chi connectivity index (χ2n) is 6.01. The van der Waals surface area contributed by atoms with Crippen molar-refractivity contribution in [3.63, 3.8) is 0 Å². The van der Waals surface area contributed by atoms with Gasteiger partial charge in [-0.2, -0.15) is 0 Å². The molecule has 5 rings (SSSR count). The van der Waals surface area contributed by atoms with Crippen LogP contribution >= 0.6 is 24.0 Å². The third-order valence-electron chi connectivity index (χ3n) is 4.37. The predicted molar refractivity (Wildman–Crippen MR) is 108 cm³/mol. The first-order valence-corrected chi connectivity index (χ1v) is 9.63. The number of ether oxygens (including phenoxy) is 1. The van der Waals surface area contributed by atoms with Crippen LogP contribution in [0.5, 0.6) is 5.75 Å². The van der Waals surface area contributed by atoms with Crippen LogP contribution in [0.3, 0.4) is 0 Å². The molecule has 0 radical (unpaired) electrons. The van der Waals surface area contributed by atoms with Crippen molar-refractivity contribution >= 4 is 40.7 Å². The van der Waals surface area contributed by atoms with Crippen LogP contribution in [0.4, 0.5) is 5.82 Å². The third kappa shape index (κ3) is 2.75. The Balaban J connectivity index is 1.64. The summed E-state index contributed by atoms with van der Waals surface area (Å²) in [5.74, 6) is 2.99. The quantitative estimate of drug-likeness (QED) is 0.497. The molecule has 0 bridgehead atoms. The van der Waals surface area contributed by atoms with Gasteiger partial charge in [-0.25, -0.2) is 9.66 Å². The fourth-order valence-corrected chi connectivity index (χ4v) is 4.11. The first-order chi connectivity index (χ1) is 13.2. The number of hydrogen-bond donors (Lipinski definition) is 2. The lowest BCUT2D eigenvalue weighted by Crippen LogP contribution is -2.13. The Kier molecular flexibility index (Phi) is 3.83. The topological polar surface area (TPSA) is 80.7 Å². The number of thioether (sulfide) groups is 1. The summed E-state index contributed by atoms with van der Waals surface area (Å²) in [6.45, 7) is 0. The highest BCUT2D eigenvalue weighted by molar-refractivity contribution is 7.98. The second-order valence-corrected chi connectivity index (χ2v) is 7.36. The highest BCUT2D eigenvalue weighted by atomic mass is 32.2. The maximum atomic E-state index is 5.40. The molecule has 0 fully saturated rings. The molecule has 3 aromatic heterocycles. The Morgan fingerprint density at radius 1 is 1.22 bits per heavy atom. The van der Waals surface area contributed by atoms with Crippen LogP contribution in [0.2, 0.25) is 0 Å². The molecule has 1 aromatic carbocycles. The van der Waals surface area contributed by atoms with Gasteiger partial charge < -0.3 is 9.72 Å². The highest BCUT2D eigenvalue weighted by Crippen LogP contribution is 2.34. The molecule has 1 aliphatic heterocycles. The number of aromatic amines is 1. The standard InChI is InChI=1S/C18H14N6OS2/c1-25-12-4-5-14-10(8-12)7-11-9-27-18-22-21-16(24(18)23-15(11)20-14)13-3-2-6-19-17(13)26/h2-8H,9H2,1H3,(H,19,26)(H,20,23). The molecular formula is C18H14N6OS2. The lowest BCUT2D eigenvalue weighted by molar-refractivity contribution is 0.415. The zero-order valence-electron chi connectivity index (χ0n) is 14.3. The number of hydrogen-bond acceptors (Lipinski definition) is 7. The number of fused-ring (bicyclic) bond motifs is 3. The van der Waals surface area contributed by atoms with E-state index in [2.05, 4.69) is 26.7 Å². The third-order valence-corrected chi connectivity index (χ3v) is 5.68. The van der Waals surface area contributed by atoms with Crippen molar-refractivity contribution < 1.29 is 4.74 Å². The maximum Gasteiger partial charge on any atom is 0.210 e. The Morgan fingerprint density at radius 3 is 3.00 bits per heavy atom. The van der Waals surface area contributed by atoms with Gasteiger partial charge in [-0.1, -0.05) is 24.0 Å². The van der Waals surface area contributed by atoms with Gasteiger partial charge in [-0.3, -0.25) is 5.43 Å². The van der Waals surface area contributed by atoms with Crippen molar-refractivity contribution in [3.05, 3.63) is 52.8 Å². The summed E-state index contributed by atoms with van der Waals surface area (Å²) in [5.41, 5.74) is 6.16. The van der Waals surface area contributed by atoms with E-state index in [0.717, 1.165) is 44.5 Å². The van der Waals surface area contributed by atoms with E-state index in [0.29, 0.717) is 10.5 Å². The lowest BCUT2D eigenvalue weighted by atomic mass is 10.1. The normalized spacial score (nSPS) is 12.8. The average molecular weight is 394 g/mol. The predicted octanol–water partition coefficient (Wildman–Crippen LogP) is 4.04. The molecule has 4 aromatic rings. The van der Waals surface area contributed by atoms with Crippen LogP contribution in [-0.2, 0) is 5.75 Å². The molecule has 0 atom stereocenters. The molecule has 0 saturated heterocycles.